The van der Waals surface area contributed by atoms with E-state index >= 15 is 0 Å². The normalized spacial score (nSPS) is 19.0. The molecular formula is C42H56N4O9. The molecule has 13 heteroatoms. The fourth-order valence-electron chi connectivity index (χ4n) is 7.04. The molecule has 1 aromatic heterocycles. The fraction of sp³-hybridized carbons (Fsp3) is 0.524. The van der Waals surface area contributed by atoms with Crippen LogP contribution in [0, 0.1) is 19.8 Å². The van der Waals surface area contributed by atoms with Gasteiger partial charge in [0.25, 0.3) is 0 Å². The molecular weight excluding hydrogens is 704 g/mol. The third-order valence-corrected chi connectivity index (χ3v) is 9.55. The summed E-state index contributed by atoms with van der Waals surface area (Å²) in [6.07, 6.45) is 0.536. The Morgan fingerprint density at radius 1 is 1.00 bits per heavy atom. The van der Waals surface area contributed by atoms with Gasteiger partial charge in [-0.15, -0.1) is 0 Å². The second-order valence-corrected chi connectivity index (χ2v) is 16.1. The first-order chi connectivity index (χ1) is 25.8. The molecule has 1 aliphatic heterocycles. The molecule has 1 fully saturated rings. The minimum atomic E-state index is -0.895. The zero-order valence-corrected chi connectivity index (χ0v) is 33.4. The third-order valence-electron chi connectivity index (χ3n) is 9.55. The average Bonchev–Trinajstić information content (AvgIpc) is 3.35. The first-order valence-electron chi connectivity index (χ1n) is 18.9. The first-order valence-corrected chi connectivity index (χ1v) is 18.9. The van der Waals surface area contributed by atoms with Crippen molar-refractivity contribution >= 4 is 29.6 Å². The van der Waals surface area contributed by atoms with E-state index in [1.165, 1.54) is 16.8 Å². The van der Waals surface area contributed by atoms with Crippen molar-refractivity contribution in [2.75, 3.05) is 5.32 Å². The number of aromatic nitrogens is 2. The minimum Gasteiger partial charge on any atom is -0.458 e. The summed E-state index contributed by atoms with van der Waals surface area (Å²) in [7, 11) is 0. The summed E-state index contributed by atoms with van der Waals surface area (Å²) in [5, 5.41) is 16.1. The molecule has 5 atom stereocenters. The van der Waals surface area contributed by atoms with Gasteiger partial charge in [-0.25, -0.2) is 9.59 Å². The molecule has 4 rings (SSSR count). The van der Waals surface area contributed by atoms with Gasteiger partial charge in [-0.2, -0.15) is 4.98 Å². The molecule has 0 aliphatic carbocycles. The predicted molar refractivity (Wildman–Crippen MR) is 207 cm³/mol. The topological polar surface area (TPSA) is 175 Å². The second-order valence-electron chi connectivity index (χ2n) is 16.1. The van der Waals surface area contributed by atoms with Crippen molar-refractivity contribution in [3.63, 3.8) is 0 Å². The zero-order valence-electron chi connectivity index (χ0n) is 33.4. The molecule has 13 nitrogen and oxygen atoms in total. The Kier molecular flexibility index (Phi) is 14.2. The van der Waals surface area contributed by atoms with Crippen molar-refractivity contribution in [2.24, 2.45) is 5.92 Å². The number of nitrogens with one attached hydrogen (secondary N) is 2. The number of carbonyl (C=O) groups excluding carboxylic acids is 4. The molecule has 0 bridgehead atoms. The Morgan fingerprint density at radius 2 is 1.69 bits per heavy atom. The van der Waals surface area contributed by atoms with E-state index in [1.54, 1.807) is 26.8 Å². The Balaban J connectivity index is 1.37. The van der Waals surface area contributed by atoms with Crippen molar-refractivity contribution in [1.82, 2.24) is 14.9 Å². The van der Waals surface area contributed by atoms with Crippen LogP contribution in [-0.4, -0.2) is 62.3 Å². The summed E-state index contributed by atoms with van der Waals surface area (Å²) in [4.78, 5) is 69.3. The number of ether oxygens (including phenoxy) is 3. The lowest BCUT2D eigenvalue weighted by atomic mass is 9.78. The standard InChI is InChI=1S/C42H56N4O9/c1-10-30-27(4)37(50)38(54-30)46-20-19-32(45-40(46)52)44-34(48)24-42(8,9)36-26(3)21-25(2)22-31(36)53-35(49)18-14-17-33(47)43-29(39(51)55-41(5,6)7)23-28-15-12-11-13-16-28/h11-13,15-16,19-22,27,29-30,37-38,50H,10,14,17-18,23-24H2,1-9H3,(H,43,47)(H,44,45,48,52)/t27-,29?,30-,37+,38?/m1/s1. The number of aryl methyl sites for hydroxylation is 2. The highest BCUT2D eigenvalue weighted by molar-refractivity contribution is 5.91. The summed E-state index contributed by atoms with van der Waals surface area (Å²) in [6.45, 7) is 16.6. The maximum Gasteiger partial charge on any atom is 0.351 e. The summed E-state index contributed by atoms with van der Waals surface area (Å²) >= 11 is 0. The summed E-state index contributed by atoms with van der Waals surface area (Å²) in [6, 6.07) is 13.6. The number of hydrogen-bond acceptors (Lipinski definition) is 10. The van der Waals surface area contributed by atoms with Gasteiger partial charge in [0.05, 0.1) is 6.10 Å². The molecule has 2 amide bonds. The predicted octanol–water partition coefficient (Wildman–Crippen LogP) is 5.62. The maximum atomic E-state index is 13.3. The first kappa shape index (κ1) is 42.9. The van der Waals surface area contributed by atoms with Crippen molar-refractivity contribution in [3.8, 4) is 5.75 Å². The largest absolute Gasteiger partial charge is 0.458 e. The number of aliphatic hydroxyl groups excluding tert-OH is 1. The Hall–Kier alpha value is -4.88. The fourth-order valence-corrected chi connectivity index (χ4v) is 7.04. The minimum absolute atomic E-state index is 0.0141. The van der Waals surface area contributed by atoms with Gasteiger partial charge in [0.1, 0.15) is 29.3 Å². The second kappa shape index (κ2) is 18.2. The number of hydrogen-bond donors (Lipinski definition) is 3. The van der Waals surface area contributed by atoms with Crippen molar-refractivity contribution in [1.29, 1.82) is 0 Å². The number of amides is 2. The van der Waals surface area contributed by atoms with Gasteiger partial charge < -0.3 is 30.0 Å². The molecule has 2 heterocycles. The molecule has 1 aliphatic rings. The van der Waals surface area contributed by atoms with Crippen LogP contribution >= 0.6 is 0 Å². The maximum absolute atomic E-state index is 13.3. The van der Waals surface area contributed by atoms with Crippen LogP contribution in [-0.2, 0) is 40.5 Å². The van der Waals surface area contributed by atoms with E-state index in [1.807, 2.05) is 77.9 Å². The van der Waals surface area contributed by atoms with Gasteiger partial charge in [0, 0.05) is 48.8 Å². The van der Waals surface area contributed by atoms with Gasteiger partial charge >= 0.3 is 17.6 Å². The van der Waals surface area contributed by atoms with Gasteiger partial charge in [-0.05, 0) is 76.3 Å². The van der Waals surface area contributed by atoms with E-state index in [0.717, 1.165) is 16.7 Å². The lowest BCUT2D eigenvalue weighted by Gasteiger charge is -2.29. The highest BCUT2D eigenvalue weighted by Crippen LogP contribution is 2.39. The van der Waals surface area contributed by atoms with Crippen LogP contribution in [0.25, 0.3) is 0 Å². The highest BCUT2D eigenvalue weighted by atomic mass is 16.6. The van der Waals surface area contributed by atoms with Gasteiger partial charge in [0.15, 0.2) is 6.23 Å². The number of aliphatic hydroxyl groups is 1. The molecule has 2 unspecified atom stereocenters. The highest BCUT2D eigenvalue weighted by Gasteiger charge is 2.41. The number of benzene rings is 2. The monoisotopic (exact) mass is 760 g/mol. The third kappa shape index (κ3) is 11.8. The summed E-state index contributed by atoms with van der Waals surface area (Å²) in [5.41, 5.74) is 0.985. The van der Waals surface area contributed by atoms with Gasteiger partial charge in [-0.1, -0.05) is 64.1 Å². The SMILES string of the molecule is CC[C@H]1OC(n2ccc(NC(=O)CC(C)(C)c3c(C)cc(C)cc3OC(=O)CCCC(=O)NC(Cc3ccccc3)C(=O)OC(C)(C)C)nc2=O)[C@@H](O)[C@@H]1C. The van der Waals surface area contributed by atoms with Crippen LogP contribution in [0.1, 0.15) is 109 Å². The number of anilines is 1. The van der Waals surface area contributed by atoms with E-state index in [-0.39, 0.29) is 49.9 Å². The van der Waals surface area contributed by atoms with Crippen LogP contribution in [0.15, 0.2) is 59.5 Å². The molecule has 0 spiro atoms. The van der Waals surface area contributed by atoms with Gasteiger partial charge in [-0.3, -0.25) is 19.0 Å². The van der Waals surface area contributed by atoms with Crippen LogP contribution < -0.4 is 21.1 Å². The van der Waals surface area contributed by atoms with Crippen LogP contribution in [0.2, 0.25) is 0 Å². The Labute approximate surface area is 323 Å². The molecule has 3 aromatic rings. The van der Waals surface area contributed by atoms with E-state index in [4.69, 9.17) is 14.2 Å². The number of carbonyl (C=O) groups is 4. The smallest absolute Gasteiger partial charge is 0.351 e. The molecule has 2 aromatic carbocycles. The van der Waals surface area contributed by atoms with Crippen LogP contribution in [0.5, 0.6) is 5.75 Å². The van der Waals surface area contributed by atoms with Crippen molar-refractivity contribution in [2.45, 2.75) is 136 Å². The lowest BCUT2D eigenvalue weighted by Crippen LogP contribution is -2.45. The number of rotatable bonds is 15. The Bertz CT molecular complexity index is 1900. The molecule has 55 heavy (non-hydrogen) atoms. The van der Waals surface area contributed by atoms with E-state index in [0.29, 0.717) is 17.7 Å². The van der Waals surface area contributed by atoms with Crippen molar-refractivity contribution in [3.05, 3.63) is 87.5 Å². The van der Waals surface area contributed by atoms with Gasteiger partial charge in [0.2, 0.25) is 11.8 Å². The number of esters is 2. The molecule has 0 saturated carbocycles. The van der Waals surface area contributed by atoms with Crippen LogP contribution in [0.3, 0.4) is 0 Å². The van der Waals surface area contributed by atoms with E-state index in [2.05, 4.69) is 15.6 Å². The summed E-state index contributed by atoms with van der Waals surface area (Å²) < 4.78 is 18.5. The lowest BCUT2D eigenvalue weighted by molar-refractivity contribution is -0.158. The quantitative estimate of drug-likeness (QED) is 0.130. The summed E-state index contributed by atoms with van der Waals surface area (Å²) in [5.74, 6) is -1.67. The van der Waals surface area contributed by atoms with Crippen molar-refractivity contribution < 1.29 is 38.5 Å². The molecule has 3 N–H and O–H groups in total. The Morgan fingerprint density at radius 3 is 2.31 bits per heavy atom. The van der Waals surface area contributed by atoms with Crippen LogP contribution in [0.4, 0.5) is 5.82 Å². The average molecular weight is 761 g/mol. The number of nitrogens with zero attached hydrogens (tertiary/aromatic N) is 2. The molecule has 0 radical (unpaired) electrons. The molecule has 1 saturated heterocycles. The zero-order chi connectivity index (χ0) is 40.7. The van der Waals surface area contributed by atoms with E-state index in [9.17, 15) is 29.1 Å². The molecule has 298 valence electrons. The van der Waals surface area contributed by atoms with E-state index < -0.39 is 58.8 Å².